The van der Waals surface area contributed by atoms with Crippen molar-refractivity contribution in [2.24, 2.45) is 0 Å². The van der Waals surface area contributed by atoms with E-state index >= 15 is 0 Å². The second-order valence-electron chi connectivity index (χ2n) is 8.76. The number of ether oxygens (including phenoxy) is 2. The summed E-state index contributed by atoms with van der Waals surface area (Å²) in [4.78, 5) is 31.5. The van der Waals surface area contributed by atoms with Gasteiger partial charge in [-0.3, -0.25) is 24.3 Å². The molecule has 3 fully saturated rings. The average Bonchev–Trinajstić information content (AvgIpc) is 3.49. The molecular formula is C24H24FN3O4S. The first kappa shape index (κ1) is 21.1. The van der Waals surface area contributed by atoms with E-state index in [0.29, 0.717) is 25.6 Å². The molecule has 2 aromatic rings. The third-order valence-electron chi connectivity index (χ3n) is 6.92. The van der Waals surface area contributed by atoms with Gasteiger partial charge in [0, 0.05) is 37.2 Å². The Hall–Kier alpha value is -2.46. The zero-order valence-corrected chi connectivity index (χ0v) is 18.9. The van der Waals surface area contributed by atoms with Gasteiger partial charge in [0.2, 0.25) is 10.8 Å². The van der Waals surface area contributed by atoms with E-state index in [-0.39, 0.29) is 23.4 Å². The van der Waals surface area contributed by atoms with Crippen molar-refractivity contribution in [1.29, 1.82) is 0 Å². The SMILES string of the molecule is O=C1CS[C@]2(C(=O)N(CN3CCC4(CC3)OCCO4)c3ccccc32)N1c1ccc(F)cc1. The highest BCUT2D eigenvalue weighted by Gasteiger charge is 2.61. The number of benzene rings is 2. The Bertz CT molecular complexity index is 1100. The summed E-state index contributed by atoms with van der Waals surface area (Å²) >= 11 is 1.33. The molecule has 33 heavy (non-hydrogen) atoms. The lowest BCUT2D eigenvalue weighted by atomic mass is 10.0. The van der Waals surface area contributed by atoms with Crippen LogP contribution in [0.2, 0.25) is 0 Å². The topological polar surface area (TPSA) is 62.3 Å². The second-order valence-corrected chi connectivity index (χ2v) is 9.92. The number of piperidine rings is 1. The van der Waals surface area contributed by atoms with Gasteiger partial charge in [-0.15, -0.1) is 11.8 Å². The van der Waals surface area contributed by atoms with Gasteiger partial charge in [-0.1, -0.05) is 18.2 Å². The molecule has 3 saturated heterocycles. The predicted octanol–water partition coefficient (Wildman–Crippen LogP) is 2.90. The van der Waals surface area contributed by atoms with E-state index in [2.05, 4.69) is 4.90 Å². The van der Waals surface area contributed by atoms with Crippen molar-refractivity contribution in [3.05, 3.63) is 59.9 Å². The van der Waals surface area contributed by atoms with E-state index in [1.807, 2.05) is 24.3 Å². The Labute approximate surface area is 195 Å². The minimum atomic E-state index is -1.18. The quantitative estimate of drug-likeness (QED) is 0.689. The lowest BCUT2D eigenvalue weighted by molar-refractivity contribution is -0.185. The van der Waals surface area contributed by atoms with Crippen LogP contribution >= 0.6 is 11.8 Å². The monoisotopic (exact) mass is 469 g/mol. The summed E-state index contributed by atoms with van der Waals surface area (Å²) in [6, 6.07) is 13.4. The molecule has 0 radical (unpaired) electrons. The number of carbonyl (C=O) groups excluding carboxylic acids is 2. The van der Waals surface area contributed by atoms with Crippen LogP contribution in [0.15, 0.2) is 48.5 Å². The third-order valence-corrected chi connectivity index (χ3v) is 8.31. The number of fused-ring (bicyclic) bond motifs is 2. The minimum absolute atomic E-state index is 0.141. The van der Waals surface area contributed by atoms with Gasteiger partial charge in [0.05, 0.1) is 31.3 Å². The third kappa shape index (κ3) is 3.21. The van der Waals surface area contributed by atoms with Gasteiger partial charge in [-0.2, -0.15) is 0 Å². The first-order chi connectivity index (χ1) is 16.0. The Morgan fingerprint density at radius 3 is 2.39 bits per heavy atom. The zero-order chi connectivity index (χ0) is 22.6. The number of hydrogen-bond donors (Lipinski definition) is 0. The fourth-order valence-electron chi connectivity index (χ4n) is 5.31. The summed E-state index contributed by atoms with van der Waals surface area (Å²) in [7, 11) is 0. The van der Waals surface area contributed by atoms with Gasteiger partial charge in [0.25, 0.3) is 5.91 Å². The summed E-state index contributed by atoms with van der Waals surface area (Å²) in [5.41, 5.74) is 2.13. The fourth-order valence-corrected chi connectivity index (χ4v) is 6.67. The molecule has 0 unspecified atom stereocenters. The van der Waals surface area contributed by atoms with E-state index in [0.717, 1.165) is 37.2 Å². The predicted molar refractivity (Wildman–Crippen MR) is 122 cm³/mol. The number of anilines is 2. The number of nitrogens with zero attached hydrogens (tertiary/aromatic N) is 3. The number of likely N-dealkylation sites (tertiary alicyclic amines) is 1. The second kappa shape index (κ2) is 7.80. The number of para-hydroxylation sites is 1. The number of rotatable bonds is 3. The molecule has 4 aliphatic heterocycles. The van der Waals surface area contributed by atoms with Crippen LogP contribution in [0, 0.1) is 5.82 Å². The van der Waals surface area contributed by atoms with Crippen LogP contribution in [-0.4, -0.2) is 61.2 Å². The molecule has 1 atom stereocenters. The van der Waals surface area contributed by atoms with Crippen molar-refractivity contribution in [3.63, 3.8) is 0 Å². The van der Waals surface area contributed by atoms with Gasteiger partial charge in [0.15, 0.2) is 5.79 Å². The maximum absolute atomic E-state index is 14.1. The van der Waals surface area contributed by atoms with Crippen LogP contribution in [0.1, 0.15) is 18.4 Å². The summed E-state index contributed by atoms with van der Waals surface area (Å²) in [6.07, 6.45) is 1.52. The van der Waals surface area contributed by atoms with E-state index < -0.39 is 10.7 Å². The molecule has 6 rings (SSSR count). The molecule has 4 heterocycles. The van der Waals surface area contributed by atoms with Gasteiger partial charge in [0.1, 0.15) is 5.82 Å². The summed E-state index contributed by atoms with van der Waals surface area (Å²) < 4.78 is 25.2. The van der Waals surface area contributed by atoms with E-state index in [9.17, 15) is 14.0 Å². The molecule has 0 saturated carbocycles. The number of amides is 2. The first-order valence-corrected chi connectivity index (χ1v) is 12.2. The smallest absolute Gasteiger partial charge is 0.269 e. The van der Waals surface area contributed by atoms with Crippen LogP contribution < -0.4 is 9.80 Å². The lowest BCUT2D eigenvalue weighted by Gasteiger charge is -2.39. The molecule has 2 spiro atoms. The Kier molecular flexibility index (Phi) is 4.99. The number of thioether (sulfide) groups is 1. The highest BCUT2D eigenvalue weighted by atomic mass is 32.2. The zero-order valence-electron chi connectivity index (χ0n) is 18.0. The number of carbonyl (C=O) groups is 2. The van der Waals surface area contributed by atoms with Crippen molar-refractivity contribution < 1.29 is 23.5 Å². The highest BCUT2D eigenvalue weighted by molar-refractivity contribution is 8.02. The molecule has 7 nitrogen and oxygen atoms in total. The molecule has 0 aliphatic carbocycles. The Morgan fingerprint density at radius 1 is 0.970 bits per heavy atom. The molecule has 2 amide bonds. The normalized spacial score (nSPS) is 26.7. The molecular weight excluding hydrogens is 445 g/mol. The molecule has 0 aromatic heterocycles. The summed E-state index contributed by atoms with van der Waals surface area (Å²) in [5.74, 6) is -0.973. The maximum atomic E-state index is 14.1. The first-order valence-electron chi connectivity index (χ1n) is 11.2. The molecule has 9 heteroatoms. The largest absolute Gasteiger partial charge is 0.347 e. The van der Waals surface area contributed by atoms with Gasteiger partial charge < -0.3 is 9.47 Å². The van der Waals surface area contributed by atoms with Gasteiger partial charge in [-0.05, 0) is 30.3 Å². The van der Waals surface area contributed by atoms with Crippen molar-refractivity contribution >= 4 is 35.0 Å². The van der Waals surface area contributed by atoms with Gasteiger partial charge >= 0.3 is 0 Å². The number of hydrogen-bond acceptors (Lipinski definition) is 6. The van der Waals surface area contributed by atoms with Crippen molar-refractivity contribution in [2.75, 3.05) is 48.5 Å². The Balaban J connectivity index is 1.32. The fraction of sp³-hybridized carbons (Fsp3) is 0.417. The van der Waals surface area contributed by atoms with Crippen LogP contribution in [0.3, 0.4) is 0 Å². The van der Waals surface area contributed by atoms with Crippen LogP contribution in [0.5, 0.6) is 0 Å². The number of halogens is 1. The van der Waals surface area contributed by atoms with E-state index in [1.165, 1.54) is 23.9 Å². The molecule has 4 aliphatic rings. The standard InChI is InChI=1S/C24H24FN3O4S/c25-17-5-7-18(8-6-17)28-21(29)15-33-24(28)19-3-1-2-4-20(19)27(22(24)30)16-26-11-9-23(10-12-26)31-13-14-32-23/h1-8H,9-16H2/t24-/m1/s1. The minimum Gasteiger partial charge on any atom is -0.347 e. The average molecular weight is 470 g/mol. The molecule has 172 valence electrons. The molecule has 0 bridgehead atoms. The highest BCUT2D eigenvalue weighted by Crippen LogP contribution is 2.55. The molecule has 0 N–H and O–H groups in total. The Morgan fingerprint density at radius 2 is 1.67 bits per heavy atom. The van der Waals surface area contributed by atoms with Crippen LogP contribution in [-0.2, 0) is 23.9 Å². The maximum Gasteiger partial charge on any atom is 0.269 e. The lowest BCUT2D eigenvalue weighted by Crippen LogP contribution is -2.53. The van der Waals surface area contributed by atoms with Crippen LogP contribution in [0.4, 0.5) is 15.8 Å². The van der Waals surface area contributed by atoms with Crippen molar-refractivity contribution in [3.8, 4) is 0 Å². The van der Waals surface area contributed by atoms with E-state index in [1.54, 1.807) is 21.9 Å². The molecule has 2 aromatic carbocycles. The summed E-state index contributed by atoms with van der Waals surface area (Å²) in [5, 5.41) is 0. The van der Waals surface area contributed by atoms with Gasteiger partial charge in [-0.25, -0.2) is 4.39 Å². The van der Waals surface area contributed by atoms with E-state index in [4.69, 9.17) is 9.47 Å². The summed E-state index contributed by atoms with van der Waals surface area (Å²) in [6.45, 7) is 3.20. The van der Waals surface area contributed by atoms with Crippen LogP contribution in [0.25, 0.3) is 0 Å². The van der Waals surface area contributed by atoms with Crippen molar-refractivity contribution in [2.45, 2.75) is 23.5 Å². The van der Waals surface area contributed by atoms with Crippen molar-refractivity contribution in [1.82, 2.24) is 4.90 Å².